The van der Waals surface area contributed by atoms with Crippen LogP contribution in [0.1, 0.15) is 36.5 Å². The molecule has 221 valence electrons. The quantitative estimate of drug-likeness (QED) is 0.168. The molecule has 0 aliphatic heterocycles. The third kappa shape index (κ3) is 6.26. The Morgan fingerprint density at radius 2 is 1.48 bits per heavy atom. The van der Waals surface area contributed by atoms with E-state index < -0.39 is 0 Å². The van der Waals surface area contributed by atoms with Crippen LogP contribution in [-0.2, 0) is 20.1 Å². The zero-order valence-corrected chi connectivity index (χ0v) is 27.4. The van der Waals surface area contributed by atoms with Crippen molar-refractivity contribution in [3.05, 3.63) is 144 Å². The first kappa shape index (κ1) is 31.0. The number of rotatable bonds is 4. The van der Waals surface area contributed by atoms with Gasteiger partial charge in [-0.1, -0.05) is 78.9 Å². The summed E-state index contributed by atoms with van der Waals surface area (Å²) < 4.78 is 20.9. The summed E-state index contributed by atoms with van der Waals surface area (Å²) in [5, 5.41) is 1.81. The second-order valence-electron chi connectivity index (χ2n) is 10.9. The van der Waals surface area contributed by atoms with E-state index in [0.29, 0.717) is 22.6 Å². The van der Waals surface area contributed by atoms with Crippen LogP contribution in [0.4, 0.5) is 4.39 Å². The van der Waals surface area contributed by atoms with Crippen molar-refractivity contribution in [3.8, 4) is 33.6 Å². The minimum Gasteiger partial charge on any atom is -0.500 e. The number of hydrogen-bond donors (Lipinski definition) is 0. The Morgan fingerprint density at radius 1 is 0.727 bits per heavy atom. The number of aryl methyl sites for hydroxylation is 2. The van der Waals surface area contributed by atoms with Gasteiger partial charge in [-0.2, -0.15) is 0 Å². The Morgan fingerprint density at radius 3 is 2.16 bits per heavy atom. The molecular weight excluding hydrogens is 724 g/mol. The van der Waals surface area contributed by atoms with E-state index in [1.807, 2.05) is 98.2 Å². The van der Waals surface area contributed by atoms with Crippen molar-refractivity contribution in [3.63, 3.8) is 0 Å². The Kier molecular flexibility index (Phi) is 9.49. The van der Waals surface area contributed by atoms with Crippen LogP contribution in [0, 0.1) is 31.8 Å². The standard InChI is InChI=1S/C24H15FNO.C15H16N.Ir/c1-15-10-13-21(26-14-15)19-9-5-8-17-18-11-12-20(25)22(24(18)27-23(17)19)16-6-3-2-4-7-16;1-11(2)14-10-16-15(9-12(14)3)13-7-5-4-6-8-13;/h2-8,10-14H,1H3;4-7,9-11H,1-3H3;/q2*-1;. The minimum absolute atomic E-state index is 0. The maximum absolute atomic E-state index is 14.7. The molecular formula is C39H31FIrN2O-2. The van der Waals surface area contributed by atoms with Crippen molar-refractivity contribution >= 4 is 21.9 Å². The first-order valence-electron chi connectivity index (χ1n) is 14.4. The van der Waals surface area contributed by atoms with Gasteiger partial charge in [-0.25, -0.2) is 4.39 Å². The molecule has 1 radical (unpaired) electrons. The van der Waals surface area contributed by atoms with Crippen LogP contribution >= 0.6 is 0 Å². The monoisotopic (exact) mass is 755 g/mol. The van der Waals surface area contributed by atoms with E-state index >= 15 is 0 Å². The third-order valence-corrected chi connectivity index (χ3v) is 7.54. The molecule has 4 aromatic carbocycles. The summed E-state index contributed by atoms with van der Waals surface area (Å²) >= 11 is 0. The molecule has 3 nitrogen and oxygen atoms in total. The van der Waals surface area contributed by atoms with Gasteiger partial charge in [0, 0.05) is 37.9 Å². The first-order valence-corrected chi connectivity index (χ1v) is 14.4. The number of aromatic nitrogens is 2. The Balaban J connectivity index is 0.000000194. The van der Waals surface area contributed by atoms with Crippen molar-refractivity contribution < 1.29 is 28.9 Å². The smallest absolute Gasteiger partial charge is 0.134 e. The van der Waals surface area contributed by atoms with E-state index in [9.17, 15) is 4.39 Å². The molecule has 7 aromatic rings. The molecule has 3 aromatic heterocycles. The second-order valence-corrected chi connectivity index (χ2v) is 10.9. The zero-order chi connectivity index (χ0) is 29.9. The van der Waals surface area contributed by atoms with Crippen molar-refractivity contribution in [1.29, 1.82) is 0 Å². The van der Waals surface area contributed by atoms with E-state index in [2.05, 4.69) is 48.9 Å². The number of pyridine rings is 2. The molecule has 0 amide bonds. The molecule has 0 unspecified atom stereocenters. The molecule has 0 aliphatic carbocycles. The predicted molar refractivity (Wildman–Crippen MR) is 173 cm³/mol. The summed E-state index contributed by atoms with van der Waals surface area (Å²) in [6.07, 6.45) is 3.80. The van der Waals surface area contributed by atoms with Gasteiger partial charge in [-0.05, 0) is 60.0 Å². The van der Waals surface area contributed by atoms with E-state index in [4.69, 9.17) is 4.42 Å². The summed E-state index contributed by atoms with van der Waals surface area (Å²) in [4.78, 5) is 9.00. The van der Waals surface area contributed by atoms with Crippen molar-refractivity contribution in [2.24, 2.45) is 0 Å². The summed E-state index contributed by atoms with van der Waals surface area (Å²) in [5.74, 6) is 0.230. The van der Waals surface area contributed by atoms with E-state index in [-0.39, 0.29) is 25.9 Å². The number of hydrogen-bond acceptors (Lipinski definition) is 3. The molecule has 0 atom stereocenters. The van der Waals surface area contributed by atoms with Gasteiger partial charge >= 0.3 is 0 Å². The molecule has 0 N–H and O–H groups in total. The van der Waals surface area contributed by atoms with Crippen LogP contribution in [0.5, 0.6) is 0 Å². The van der Waals surface area contributed by atoms with Gasteiger partial charge < -0.3 is 14.4 Å². The fourth-order valence-electron chi connectivity index (χ4n) is 5.33. The van der Waals surface area contributed by atoms with Crippen LogP contribution in [0.15, 0.2) is 114 Å². The number of nitrogens with zero attached hydrogens (tertiary/aromatic N) is 2. The van der Waals surface area contributed by atoms with Gasteiger partial charge in [-0.3, -0.25) is 0 Å². The van der Waals surface area contributed by atoms with Gasteiger partial charge in [0.25, 0.3) is 0 Å². The van der Waals surface area contributed by atoms with Crippen LogP contribution in [0.2, 0.25) is 0 Å². The normalized spacial score (nSPS) is 10.9. The van der Waals surface area contributed by atoms with Crippen molar-refractivity contribution in [1.82, 2.24) is 9.97 Å². The maximum Gasteiger partial charge on any atom is 0.134 e. The van der Waals surface area contributed by atoms with E-state index in [0.717, 1.165) is 44.4 Å². The van der Waals surface area contributed by atoms with Crippen LogP contribution in [0.25, 0.3) is 55.6 Å². The summed E-state index contributed by atoms with van der Waals surface area (Å²) in [7, 11) is 0. The van der Waals surface area contributed by atoms with E-state index in [1.54, 1.807) is 6.07 Å². The molecule has 0 spiro atoms. The third-order valence-electron chi connectivity index (χ3n) is 7.54. The van der Waals surface area contributed by atoms with E-state index in [1.165, 1.54) is 17.2 Å². The average Bonchev–Trinajstić information content (AvgIpc) is 3.41. The SMILES string of the molecule is Cc1cc(-c2[c-]cccc2)ncc1C(C)C.Cc1ccc(-c2[c-]ccc3c2oc2c(-c4ccccc4)c(F)ccc23)nc1.[Ir]. The Bertz CT molecular complexity index is 2020. The minimum atomic E-state index is -0.299. The molecule has 0 fully saturated rings. The van der Waals surface area contributed by atoms with Crippen molar-refractivity contribution in [2.45, 2.75) is 33.6 Å². The average molecular weight is 755 g/mol. The molecule has 0 saturated heterocycles. The van der Waals surface area contributed by atoms with Gasteiger partial charge in [0.1, 0.15) is 11.4 Å². The molecule has 5 heteroatoms. The van der Waals surface area contributed by atoms with Gasteiger partial charge in [0.05, 0.1) is 11.1 Å². The van der Waals surface area contributed by atoms with Crippen LogP contribution in [-0.4, -0.2) is 9.97 Å². The van der Waals surface area contributed by atoms with Gasteiger partial charge in [0.15, 0.2) is 0 Å². The summed E-state index contributed by atoms with van der Waals surface area (Å²) in [6, 6.07) is 37.0. The zero-order valence-electron chi connectivity index (χ0n) is 25.0. The molecule has 44 heavy (non-hydrogen) atoms. The Labute approximate surface area is 271 Å². The van der Waals surface area contributed by atoms with Crippen LogP contribution < -0.4 is 0 Å². The molecule has 0 bridgehead atoms. The first-order chi connectivity index (χ1) is 20.9. The maximum atomic E-state index is 14.7. The fraction of sp³-hybridized carbons (Fsp3) is 0.128. The number of benzene rings is 4. The number of fused-ring (bicyclic) bond motifs is 3. The molecule has 7 rings (SSSR count). The van der Waals surface area contributed by atoms with Gasteiger partial charge in [-0.15, -0.1) is 54.1 Å². The molecule has 3 heterocycles. The topological polar surface area (TPSA) is 38.9 Å². The molecule has 0 saturated carbocycles. The molecule has 0 aliphatic rings. The number of furan rings is 1. The Hall–Kier alpha value is -4.44. The summed E-state index contributed by atoms with van der Waals surface area (Å²) in [6.45, 7) is 8.53. The van der Waals surface area contributed by atoms with Gasteiger partial charge in [0.2, 0.25) is 0 Å². The largest absolute Gasteiger partial charge is 0.500 e. The number of halogens is 1. The van der Waals surface area contributed by atoms with Crippen LogP contribution in [0.3, 0.4) is 0 Å². The van der Waals surface area contributed by atoms with Crippen molar-refractivity contribution in [2.75, 3.05) is 0 Å². The predicted octanol–water partition coefficient (Wildman–Crippen LogP) is 10.5. The second kappa shape index (κ2) is 13.5. The fourth-order valence-corrected chi connectivity index (χ4v) is 5.33. The summed E-state index contributed by atoms with van der Waals surface area (Å²) in [5.41, 5.74) is 9.82.